The number of ether oxygens (including phenoxy) is 2. The molecule has 7 heteroatoms. The van der Waals surface area contributed by atoms with Gasteiger partial charge in [0.05, 0.1) is 26.8 Å². The van der Waals surface area contributed by atoms with E-state index >= 15 is 0 Å². The van der Waals surface area contributed by atoms with Gasteiger partial charge in [0.1, 0.15) is 18.2 Å². The zero-order chi connectivity index (χ0) is 16.5. The van der Waals surface area contributed by atoms with Crippen molar-refractivity contribution in [1.82, 2.24) is 4.98 Å². The molecule has 24 heavy (non-hydrogen) atoms. The first-order valence-electron chi connectivity index (χ1n) is 7.32. The lowest BCUT2D eigenvalue weighted by Crippen LogP contribution is -2.15. The molecule has 0 aliphatic carbocycles. The van der Waals surface area contributed by atoms with Crippen LogP contribution >= 0.6 is 11.3 Å². The lowest BCUT2D eigenvalue weighted by atomic mass is 10.1. The summed E-state index contributed by atoms with van der Waals surface area (Å²) in [5.41, 5.74) is 1.36. The summed E-state index contributed by atoms with van der Waals surface area (Å²) < 4.78 is 12.0. The van der Waals surface area contributed by atoms with Gasteiger partial charge in [0.25, 0.3) is 5.69 Å². The number of aromatic nitrogens is 1. The number of para-hydroxylation sites is 1. The molecular formula is C17H12N2O4S. The van der Waals surface area contributed by atoms with Crippen molar-refractivity contribution in [1.29, 1.82) is 0 Å². The van der Waals surface area contributed by atoms with Crippen LogP contribution in [0.4, 0.5) is 5.69 Å². The Morgan fingerprint density at radius 1 is 1.12 bits per heavy atom. The summed E-state index contributed by atoms with van der Waals surface area (Å²) >= 11 is 1.54. The second-order valence-electron chi connectivity index (χ2n) is 5.16. The largest absolute Gasteiger partial charge is 0.486 e. The number of nitro groups is 1. The minimum absolute atomic E-state index is 0.0170. The molecule has 1 aliphatic heterocycles. The third kappa shape index (κ3) is 2.69. The number of hydrogen-bond donors (Lipinski definition) is 0. The fourth-order valence-corrected chi connectivity index (χ4v) is 3.38. The van der Waals surface area contributed by atoms with E-state index in [0.29, 0.717) is 30.3 Å². The van der Waals surface area contributed by atoms with E-state index in [2.05, 4.69) is 4.98 Å². The topological polar surface area (TPSA) is 74.5 Å². The summed E-state index contributed by atoms with van der Waals surface area (Å²) in [6.45, 7) is 0.830. The zero-order valence-electron chi connectivity index (χ0n) is 12.5. The van der Waals surface area contributed by atoms with Crippen molar-refractivity contribution < 1.29 is 14.4 Å². The Labute approximate surface area is 141 Å². The highest BCUT2D eigenvalue weighted by molar-refractivity contribution is 7.19. The van der Waals surface area contributed by atoms with Crippen molar-refractivity contribution in [3.05, 3.63) is 57.1 Å². The molecule has 2 heterocycles. The molecule has 0 radical (unpaired) electrons. The maximum Gasteiger partial charge on any atom is 0.280 e. The van der Waals surface area contributed by atoms with E-state index < -0.39 is 4.92 Å². The number of thiazole rings is 1. The monoisotopic (exact) mass is 340 g/mol. The van der Waals surface area contributed by atoms with Gasteiger partial charge in [0.2, 0.25) is 0 Å². The van der Waals surface area contributed by atoms with Gasteiger partial charge in [-0.2, -0.15) is 0 Å². The summed E-state index contributed by atoms with van der Waals surface area (Å²) in [5.74, 6) is 0.931. The number of nitro benzene ring substituents is 1. The van der Waals surface area contributed by atoms with Gasteiger partial charge in [-0.1, -0.05) is 12.1 Å². The van der Waals surface area contributed by atoms with Crippen LogP contribution in [0.15, 0.2) is 36.4 Å². The Kier molecular flexibility index (Phi) is 3.62. The molecule has 4 rings (SSSR count). The smallest absolute Gasteiger partial charge is 0.280 e. The van der Waals surface area contributed by atoms with E-state index in [-0.39, 0.29) is 5.69 Å². The molecule has 0 amide bonds. The fourth-order valence-electron chi connectivity index (χ4n) is 2.51. The van der Waals surface area contributed by atoms with Crippen LogP contribution in [0.1, 0.15) is 10.6 Å². The molecule has 0 saturated heterocycles. The maximum atomic E-state index is 11.3. The minimum atomic E-state index is -0.420. The summed E-state index contributed by atoms with van der Waals surface area (Å²) in [7, 11) is 0. The van der Waals surface area contributed by atoms with Gasteiger partial charge in [-0.3, -0.25) is 10.1 Å². The summed E-state index contributed by atoms with van der Waals surface area (Å²) in [6, 6.07) is 10.9. The molecule has 0 saturated carbocycles. The van der Waals surface area contributed by atoms with E-state index in [9.17, 15) is 10.1 Å². The number of hydrogen-bond acceptors (Lipinski definition) is 6. The van der Waals surface area contributed by atoms with Crippen LogP contribution in [0, 0.1) is 10.1 Å². The van der Waals surface area contributed by atoms with Gasteiger partial charge in [-0.15, -0.1) is 11.3 Å². The molecule has 0 fully saturated rings. The van der Waals surface area contributed by atoms with Crippen LogP contribution in [0.3, 0.4) is 0 Å². The van der Waals surface area contributed by atoms with E-state index in [1.807, 2.05) is 24.3 Å². The number of fused-ring (bicyclic) bond motifs is 2. The molecule has 0 unspecified atom stereocenters. The van der Waals surface area contributed by atoms with Crippen molar-refractivity contribution in [2.24, 2.45) is 0 Å². The van der Waals surface area contributed by atoms with Gasteiger partial charge in [-0.25, -0.2) is 4.98 Å². The third-order valence-corrected chi connectivity index (χ3v) is 4.61. The van der Waals surface area contributed by atoms with E-state index in [1.54, 1.807) is 18.2 Å². The van der Waals surface area contributed by atoms with E-state index in [0.717, 1.165) is 15.2 Å². The lowest BCUT2D eigenvalue weighted by molar-refractivity contribution is -0.385. The predicted molar refractivity (Wildman–Crippen MR) is 92.6 cm³/mol. The van der Waals surface area contributed by atoms with Crippen LogP contribution < -0.4 is 9.47 Å². The molecule has 1 aromatic heterocycles. The van der Waals surface area contributed by atoms with Crippen molar-refractivity contribution in [2.75, 3.05) is 13.2 Å². The molecule has 0 atom stereocenters. The highest BCUT2D eigenvalue weighted by atomic mass is 32.1. The number of nitrogens with zero attached hydrogens (tertiary/aromatic N) is 2. The Balaban J connectivity index is 1.73. The number of benzene rings is 2. The SMILES string of the molecule is O=[N+]([O-])c1cc2c(cc1/C=C/c1nc3ccccc3s1)OCCO2. The first-order valence-corrected chi connectivity index (χ1v) is 8.14. The number of rotatable bonds is 3. The van der Waals surface area contributed by atoms with Crippen LogP contribution in [-0.4, -0.2) is 23.1 Å². The standard InChI is InChI=1S/C17H12N2O4S/c20-19(21)13-10-15-14(22-7-8-23-15)9-11(13)5-6-17-18-12-3-1-2-4-16(12)24-17/h1-6,9-10H,7-8H2/b6-5+. The Bertz CT molecular complexity index is 931. The molecule has 6 nitrogen and oxygen atoms in total. The molecule has 1 aliphatic rings. The van der Waals surface area contributed by atoms with Crippen LogP contribution in [-0.2, 0) is 0 Å². The third-order valence-electron chi connectivity index (χ3n) is 3.60. The summed E-state index contributed by atoms with van der Waals surface area (Å²) in [5, 5.41) is 12.1. The molecule has 0 spiro atoms. The Morgan fingerprint density at radius 3 is 2.62 bits per heavy atom. The minimum Gasteiger partial charge on any atom is -0.486 e. The van der Waals surface area contributed by atoms with Crippen molar-refractivity contribution in [3.8, 4) is 11.5 Å². The highest BCUT2D eigenvalue weighted by Crippen LogP contribution is 2.37. The molecule has 0 bridgehead atoms. The molecular weight excluding hydrogens is 328 g/mol. The average Bonchev–Trinajstić information content (AvgIpc) is 3.02. The van der Waals surface area contributed by atoms with E-state index in [4.69, 9.17) is 9.47 Å². The van der Waals surface area contributed by atoms with Gasteiger partial charge < -0.3 is 9.47 Å². The molecule has 0 N–H and O–H groups in total. The fraction of sp³-hybridized carbons (Fsp3) is 0.118. The van der Waals surface area contributed by atoms with Crippen LogP contribution in [0.5, 0.6) is 11.5 Å². The molecule has 120 valence electrons. The first-order chi connectivity index (χ1) is 11.7. The van der Waals surface area contributed by atoms with Crippen molar-refractivity contribution in [2.45, 2.75) is 0 Å². The maximum absolute atomic E-state index is 11.3. The second kappa shape index (κ2) is 5.93. The highest BCUT2D eigenvalue weighted by Gasteiger charge is 2.20. The first kappa shape index (κ1) is 14.6. The molecule has 3 aromatic rings. The normalized spacial score (nSPS) is 13.5. The zero-order valence-corrected chi connectivity index (χ0v) is 13.3. The van der Waals surface area contributed by atoms with Gasteiger partial charge >= 0.3 is 0 Å². The van der Waals surface area contributed by atoms with Gasteiger partial charge in [0, 0.05) is 0 Å². The summed E-state index contributed by atoms with van der Waals surface area (Å²) in [6.07, 6.45) is 3.47. The van der Waals surface area contributed by atoms with Crippen molar-refractivity contribution in [3.63, 3.8) is 0 Å². The van der Waals surface area contributed by atoms with Crippen LogP contribution in [0.25, 0.3) is 22.4 Å². The average molecular weight is 340 g/mol. The predicted octanol–water partition coefficient (Wildman–Crippen LogP) is 4.15. The Morgan fingerprint density at radius 2 is 1.88 bits per heavy atom. The second-order valence-corrected chi connectivity index (χ2v) is 6.23. The molecule has 2 aromatic carbocycles. The quantitative estimate of drug-likeness (QED) is 0.529. The van der Waals surface area contributed by atoms with E-state index in [1.165, 1.54) is 17.4 Å². The van der Waals surface area contributed by atoms with Gasteiger partial charge in [-0.05, 0) is 30.4 Å². The Hall–Kier alpha value is -2.93. The van der Waals surface area contributed by atoms with Gasteiger partial charge in [0.15, 0.2) is 11.5 Å². The lowest BCUT2D eigenvalue weighted by Gasteiger charge is -2.18. The van der Waals surface area contributed by atoms with Crippen molar-refractivity contribution >= 4 is 39.4 Å². The van der Waals surface area contributed by atoms with Crippen LogP contribution in [0.2, 0.25) is 0 Å². The summed E-state index contributed by atoms with van der Waals surface area (Å²) in [4.78, 5) is 15.4.